The Morgan fingerprint density at radius 1 is 1.17 bits per heavy atom. The molecule has 4 nitrogen and oxygen atoms in total. The van der Waals surface area contributed by atoms with Crippen molar-refractivity contribution in [3.05, 3.63) is 53.3 Å². The summed E-state index contributed by atoms with van der Waals surface area (Å²) in [5.74, 6) is 0. The molecule has 0 bridgehead atoms. The molecule has 24 heavy (non-hydrogen) atoms. The quantitative estimate of drug-likeness (QED) is 0.897. The summed E-state index contributed by atoms with van der Waals surface area (Å²) < 4.78 is 65.7. The molecule has 3 rings (SSSR count). The van der Waals surface area contributed by atoms with Crippen LogP contribution in [0.5, 0.6) is 0 Å². The zero-order valence-corrected chi connectivity index (χ0v) is 13.7. The van der Waals surface area contributed by atoms with E-state index < -0.39 is 34.6 Å². The number of hydrogen-bond donors (Lipinski definition) is 1. The van der Waals surface area contributed by atoms with Gasteiger partial charge in [0.1, 0.15) is 0 Å². The molecule has 0 fully saturated rings. The normalized spacial score (nSPS) is 21.5. The van der Waals surface area contributed by atoms with E-state index in [-0.39, 0.29) is 17.0 Å². The predicted molar refractivity (Wildman–Crippen MR) is 81.2 cm³/mol. The largest absolute Gasteiger partial charge is 0.417 e. The van der Waals surface area contributed by atoms with Crippen molar-refractivity contribution in [1.29, 1.82) is 0 Å². The fraction of sp³-hybridized carbons (Fsp3) is 0.375. The van der Waals surface area contributed by atoms with Crippen LogP contribution in [0.4, 0.5) is 13.2 Å². The first-order valence-electron chi connectivity index (χ1n) is 7.35. The van der Waals surface area contributed by atoms with Crippen molar-refractivity contribution in [3.63, 3.8) is 0 Å². The number of aliphatic hydroxyl groups is 1. The van der Waals surface area contributed by atoms with E-state index in [1.54, 1.807) is 19.1 Å². The molecule has 0 radical (unpaired) electrons. The van der Waals surface area contributed by atoms with Gasteiger partial charge in [-0.3, -0.25) is 0 Å². The van der Waals surface area contributed by atoms with Crippen LogP contribution in [0.15, 0.2) is 41.4 Å². The van der Waals surface area contributed by atoms with Crippen molar-refractivity contribution in [1.82, 2.24) is 3.97 Å². The maximum Gasteiger partial charge on any atom is 0.417 e. The lowest BCUT2D eigenvalue weighted by atomic mass is 9.83. The number of rotatable bonds is 2. The van der Waals surface area contributed by atoms with Crippen LogP contribution < -0.4 is 0 Å². The zero-order chi connectivity index (χ0) is 17.8. The molecular formula is C16H16F3NO3S. The van der Waals surface area contributed by atoms with Gasteiger partial charge in [0, 0.05) is 18.3 Å². The van der Waals surface area contributed by atoms with Gasteiger partial charge in [-0.1, -0.05) is 17.7 Å². The molecule has 2 aromatic rings. The SMILES string of the molecule is Cc1ccc(S(=O)(=O)n2ccc3c2C[C@@](O)(C(F)(F)F)CC3)cc1. The van der Waals surface area contributed by atoms with Gasteiger partial charge in [0.05, 0.1) is 4.90 Å². The summed E-state index contributed by atoms with van der Waals surface area (Å²) in [6, 6.07) is 7.56. The maximum atomic E-state index is 13.1. The van der Waals surface area contributed by atoms with Gasteiger partial charge in [-0.2, -0.15) is 13.2 Å². The molecule has 1 aliphatic carbocycles. The first-order valence-corrected chi connectivity index (χ1v) is 8.79. The van der Waals surface area contributed by atoms with Gasteiger partial charge in [0.15, 0.2) is 5.60 Å². The Morgan fingerprint density at radius 2 is 1.79 bits per heavy atom. The number of aryl methyl sites for hydroxylation is 2. The summed E-state index contributed by atoms with van der Waals surface area (Å²) in [5.41, 5.74) is -1.53. The lowest BCUT2D eigenvalue weighted by molar-refractivity contribution is -0.263. The number of benzene rings is 1. The second-order valence-electron chi connectivity index (χ2n) is 6.11. The molecule has 1 aromatic carbocycles. The Hall–Kier alpha value is -1.80. The fourth-order valence-electron chi connectivity index (χ4n) is 2.90. The first kappa shape index (κ1) is 17.0. The van der Waals surface area contributed by atoms with Gasteiger partial charge in [0.2, 0.25) is 0 Å². The van der Waals surface area contributed by atoms with E-state index in [0.29, 0.717) is 5.56 Å². The molecule has 1 atom stereocenters. The van der Waals surface area contributed by atoms with E-state index in [4.69, 9.17) is 0 Å². The van der Waals surface area contributed by atoms with Gasteiger partial charge >= 0.3 is 6.18 Å². The van der Waals surface area contributed by atoms with E-state index in [1.807, 2.05) is 0 Å². The summed E-state index contributed by atoms with van der Waals surface area (Å²) in [6.07, 6.45) is -4.83. The molecule has 0 spiro atoms. The van der Waals surface area contributed by atoms with Gasteiger partial charge in [-0.05, 0) is 43.5 Å². The average molecular weight is 359 g/mol. The second kappa shape index (κ2) is 5.35. The number of aromatic nitrogens is 1. The van der Waals surface area contributed by atoms with Crippen LogP contribution in [0.1, 0.15) is 23.2 Å². The standard InChI is InChI=1S/C16H16F3NO3S/c1-11-2-4-13(5-3-11)24(22,23)20-9-7-12-6-8-15(21,10-14(12)20)16(17,18)19/h2-5,7,9,21H,6,8,10H2,1H3/t15-/m1/s1. The third-order valence-corrected chi connectivity index (χ3v) is 6.15. The molecule has 8 heteroatoms. The lowest BCUT2D eigenvalue weighted by Gasteiger charge is -2.34. The molecule has 0 saturated carbocycles. The van der Waals surface area contributed by atoms with Crippen molar-refractivity contribution in [2.24, 2.45) is 0 Å². The van der Waals surface area contributed by atoms with E-state index in [9.17, 15) is 26.7 Å². The zero-order valence-electron chi connectivity index (χ0n) is 12.8. The van der Waals surface area contributed by atoms with E-state index in [0.717, 1.165) is 9.54 Å². The van der Waals surface area contributed by atoms with Crippen molar-refractivity contribution in [2.45, 2.75) is 42.9 Å². The Kier molecular flexibility index (Phi) is 3.80. The van der Waals surface area contributed by atoms with Gasteiger partial charge in [-0.25, -0.2) is 12.4 Å². The number of alkyl halides is 3. The van der Waals surface area contributed by atoms with Crippen molar-refractivity contribution in [2.75, 3.05) is 0 Å². The number of halogens is 3. The minimum Gasteiger partial charge on any atom is -0.380 e. The van der Waals surface area contributed by atoms with Gasteiger partial charge < -0.3 is 5.11 Å². The minimum absolute atomic E-state index is 0.00683. The molecular weight excluding hydrogens is 343 g/mol. The van der Waals surface area contributed by atoms with Crippen molar-refractivity contribution < 1.29 is 26.7 Å². The minimum atomic E-state index is -4.81. The third-order valence-electron chi connectivity index (χ3n) is 4.42. The molecule has 1 N–H and O–H groups in total. The van der Waals surface area contributed by atoms with Crippen LogP contribution >= 0.6 is 0 Å². The Labute approximate surface area is 137 Å². The molecule has 0 saturated heterocycles. The number of fused-ring (bicyclic) bond motifs is 1. The predicted octanol–water partition coefficient (Wildman–Crippen LogP) is 2.82. The monoisotopic (exact) mass is 359 g/mol. The van der Waals surface area contributed by atoms with Crippen LogP contribution in [0.25, 0.3) is 0 Å². The second-order valence-corrected chi connectivity index (χ2v) is 7.92. The number of hydrogen-bond acceptors (Lipinski definition) is 3. The van der Waals surface area contributed by atoms with Crippen LogP contribution in [-0.2, 0) is 22.9 Å². The van der Waals surface area contributed by atoms with Crippen LogP contribution in [0.2, 0.25) is 0 Å². The third kappa shape index (κ3) is 2.63. The highest BCUT2D eigenvalue weighted by Gasteiger charge is 2.55. The van der Waals surface area contributed by atoms with Crippen LogP contribution in [0.3, 0.4) is 0 Å². The fourth-order valence-corrected chi connectivity index (χ4v) is 4.30. The van der Waals surface area contributed by atoms with E-state index >= 15 is 0 Å². The Balaban J connectivity index is 2.07. The van der Waals surface area contributed by atoms with E-state index in [2.05, 4.69) is 0 Å². The highest BCUT2D eigenvalue weighted by molar-refractivity contribution is 7.90. The molecule has 1 aromatic heterocycles. The summed E-state index contributed by atoms with van der Waals surface area (Å²) in [4.78, 5) is -0.00683. The molecule has 0 aliphatic heterocycles. The molecule has 130 valence electrons. The topological polar surface area (TPSA) is 59.3 Å². The van der Waals surface area contributed by atoms with Gasteiger partial charge in [-0.15, -0.1) is 0 Å². The Morgan fingerprint density at radius 3 is 2.38 bits per heavy atom. The lowest BCUT2D eigenvalue weighted by Crippen LogP contribution is -2.49. The van der Waals surface area contributed by atoms with Crippen molar-refractivity contribution in [3.8, 4) is 0 Å². The average Bonchev–Trinajstić information content (AvgIpc) is 2.90. The maximum absolute atomic E-state index is 13.1. The number of nitrogens with zero attached hydrogens (tertiary/aromatic N) is 1. The smallest absolute Gasteiger partial charge is 0.380 e. The highest BCUT2D eigenvalue weighted by Crippen LogP contribution is 2.41. The van der Waals surface area contributed by atoms with Crippen LogP contribution in [0, 0.1) is 6.92 Å². The summed E-state index contributed by atoms with van der Waals surface area (Å²) >= 11 is 0. The highest BCUT2D eigenvalue weighted by atomic mass is 32.2. The molecule has 1 heterocycles. The summed E-state index contributed by atoms with van der Waals surface area (Å²) in [5, 5.41) is 9.94. The van der Waals surface area contributed by atoms with Crippen molar-refractivity contribution >= 4 is 10.0 Å². The molecule has 1 aliphatic rings. The molecule has 0 unspecified atom stereocenters. The van der Waals surface area contributed by atoms with Gasteiger partial charge in [0.25, 0.3) is 10.0 Å². The first-order chi connectivity index (χ1) is 11.0. The summed E-state index contributed by atoms with van der Waals surface area (Å²) in [7, 11) is -4.01. The van der Waals surface area contributed by atoms with E-state index in [1.165, 1.54) is 24.4 Å². The Bertz CT molecular complexity index is 869. The molecule has 0 amide bonds. The summed E-state index contributed by atoms with van der Waals surface area (Å²) in [6.45, 7) is 1.80. The van der Waals surface area contributed by atoms with Crippen LogP contribution in [-0.4, -0.2) is 29.3 Å².